The first-order valence-electron chi connectivity index (χ1n) is 10.8. The van der Waals surface area contributed by atoms with Gasteiger partial charge in [0.2, 0.25) is 11.8 Å². The number of primary amides is 1. The van der Waals surface area contributed by atoms with Crippen molar-refractivity contribution < 1.29 is 14.4 Å². The predicted octanol–water partition coefficient (Wildman–Crippen LogP) is 2.29. The zero-order valence-corrected chi connectivity index (χ0v) is 18.5. The molecule has 170 valence electrons. The number of hydrogen-bond donors (Lipinski definition) is 4. The fourth-order valence-corrected chi connectivity index (χ4v) is 3.34. The second-order valence-electron chi connectivity index (χ2n) is 7.99. The second kappa shape index (κ2) is 12.5. The van der Waals surface area contributed by atoms with E-state index < -0.39 is 23.9 Å². The maximum Gasteiger partial charge on any atom is 0.237 e. The van der Waals surface area contributed by atoms with Crippen LogP contribution >= 0.6 is 0 Å². The molecule has 0 saturated carbocycles. The van der Waals surface area contributed by atoms with Gasteiger partial charge in [-0.05, 0) is 49.3 Å². The molecular weight excluding hydrogens is 404 g/mol. The Bertz CT molecular complexity index is 926. The smallest absolute Gasteiger partial charge is 0.237 e. The average Bonchev–Trinajstić information content (AvgIpc) is 2.79. The summed E-state index contributed by atoms with van der Waals surface area (Å²) in [4.78, 5) is 36.6. The number of carbonyl (C=O) groups excluding carboxylic acids is 3. The molecule has 0 saturated heterocycles. The summed E-state index contributed by atoms with van der Waals surface area (Å²) in [6.07, 6.45) is 1.97. The predicted molar refractivity (Wildman–Crippen MR) is 125 cm³/mol. The second-order valence-corrected chi connectivity index (χ2v) is 7.99. The summed E-state index contributed by atoms with van der Waals surface area (Å²) in [6, 6.07) is 15.6. The molecule has 7 heteroatoms. The SMILES string of the molecule is CC(=N)c1ccc(CCC(=O)[C@H](CCC(N)=O)NC(=O)[C@H](N)CCc2ccccc2)cc1. The first-order valence-corrected chi connectivity index (χ1v) is 10.8. The maximum atomic E-state index is 12.8. The molecule has 0 bridgehead atoms. The first kappa shape index (κ1) is 24.9. The summed E-state index contributed by atoms with van der Waals surface area (Å²) >= 11 is 0. The van der Waals surface area contributed by atoms with Crippen molar-refractivity contribution in [2.24, 2.45) is 11.5 Å². The summed E-state index contributed by atoms with van der Waals surface area (Å²) in [5.74, 6) is -1.10. The summed E-state index contributed by atoms with van der Waals surface area (Å²) in [7, 11) is 0. The highest BCUT2D eigenvalue weighted by molar-refractivity contribution is 5.96. The molecule has 0 fully saturated rings. The van der Waals surface area contributed by atoms with Crippen molar-refractivity contribution in [1.29, 1.82) is 5.41 Å². The van der Waals surface area contributed by atoms with Crippen LogP contribution in [0, 0.1) is 5.41 Å². The highest BCUT2D eigenvalue weighted by Gasteiger charge is 2.24. The van der Waals surface area contributed by atoms with Gasteiger partial charge in [0.15, 0.2) is 5.78 Å². The Morgan fingerprint density at radius 1 is 0.906 bits per heavy atom. The van der Waals surface area contributed by atoms with E-state index in [-0.39, 0.29) is 25.0 Å². The van der Waals surface area contributed by atoms with Gasteiger partial charge in [-0.25, -0.2) is 0 Å². The molecule has 0 aromatic heterocycles. The normalized spacial score (nSPS) is 12.6. The molecule has 0 radical (unpaired) electrons. The molecule has 2 aromatic carbocycles. The van der Waals surface area contributed by atoms with Crippen molar-refractivity contribution in [3.05, 3.63) is 71.3 Å². The molecule has 0 heterocycles. The van der Waals surface area contributed by atoms with Crippen LogP contribution < -0.4 is 16.8 Å². The number of rotatable bonds is 13. The third kappa shape index (κ3) is 8.43. The van der Waals surface area contributed by atoms with Crippen LogP contribution in [-0.4, -0.2) is 35.4 Å². The summed E-state index contributed by atoms with van der Waals surface area (Å²) in [6.45, 7) is 1.72. The van der Waals surface area contributed by atoms with Crippen LogP contribution in [0.4, 0.5) is 0 Å². The first-order chi connectivity index (χ1) is 15.3. The molecule has 32 heavy (non-hydrogen) atoms. The minimum absolute atomic E-state index is 0.00322. The van der Waals surface area contributed by atoms with E-state index >= 15 is 0 Å². The van der Waals surface area contributed by atoms with E-state index in [2.05, 4.69) is 5.32 Å². The van der Waals surface area contributed by atoms with Gasteiger partial charge >= 0.3 is 0 Å². The monoisotopic (exact) mass is 436 g/mol. The molecule has 6 N–H and O–H groups in total. The summed E-state index contributed by atoms with van der Waals surface area (Å²) in [5.41, 5.74) is 14.6. The van der Waals surface area contributed by atoms with Gasteiger partial charge in [0.05, 0.1) is 12.1 Å². The zero-order chi connectivity index (χ0) is 23.5. The third-order valence-corrected chi connectivity index (χ3v) is 5.36. The van der Waals surface area contributed by atoms with Gasteiger partial charge < -0.3 is 22.2 Å². The van der Waals surface area contributed by atoms with Crippen molar-refractivity contribution in [3.8, 4) is 0 Å². The van der Waals surface area contributed by atoms with Crippen molar-refractivity contribution in [3.63, 3.8) is 0 Å². The van der Waals surface area contributed by atoms with Gasteiger partial charge in [-0.2, -0.15) is 0 Å². The van der Waals surface area contributed by atoms with Crippen LogP contribution in [0.2, 0.25) is 0 Å². The maximum absolute atomic E-state index is 12.8. The molecule has 0 aliphatic heterocycles. The average molecular weight is 437 g/mol. The molecule has 2 rings (SSSR count). The van der Waals surface area contributed by atoms with Gasteiger partial charge in [0.25, 0.3) is 0 Å². The Kier molecular flexibility index (Phi) is 9.76. The van der Waals surface area contributed by atoms with Gasteiger partial charge in [-0.1, -0.05) is 54.6 Å². The summed E-state index contributed by atoms with van der Waals surface area (Å²) < 4.78 is 0. The fraction of sp³-hybridized carbons (Fsp3) is 0.360. The number of nitrogens with two attached hydrogens (primary N) is 2. The molecule has 0 spiro atoms. The molecule has 2 atom stereocenters. The number of carbonyl (C=O) groups is 3. The van der Waals surface area contributed by atoms with E-state index in [1.807, 2.05) is 54.6 Å². The highest BCUT2D eigenvalue weighted by Crippen LogP contribution is 2.11. The van der Waals surface area contributed by atoms with Crippen LogP contribution in [0.5, 0.6) is 0 Å². The minimum Gasteiger partial charge on any atom is -0.370 e. The van der Waals surface area contributed by atoms with Crippen molar-refractivity contribution in [1.82, 2.24) is 5.32 Å². The zero-order valence-electron chi connectivity index (χ0n) is 18.5. The Balaban J connectivity index is 1.92. The van der Waals surface area contributed by atoms with Crippen LogP contribution in [0.25, 0.3) is 0 Å². The molecule has 0 unspecified atom stereocenters. The lowest BCUT2D eigenvalue weighted by Crippen LogP contribution is -2.48. The quantitative estimate of drug-likeness (QED) is 0.358. The molecular formula is C25H32N4O3. The largest absolute Gasteiger partial charge is 0.370 e. The van der Waals surface area contributed by atoms with Crippen LogP contribution in [0.1, 0.15) is 49.3 Å². The standard InChI is InChI=1S/C25H32N4O3/c1-17(26)20-11-7-19(8-12-20)10-15-23(30)22(14-16-24(28)31)29-25(32)21(27)13-9-18-5-3-2-4-6-18/h2-8,11-12,21-22,26H,9-10,13-16,27H2,1H3,(H2,28,31)(H,29,32)/t21-,22+/m1/s1. The number of hydrogen-bond acceptors (Lipinski definition) is 5. The topological polar surface area (TPSA) is 139 Å². The van der Waals surface area contributed by atoms with Gasteiger partial charge in [-0.15, -0.1) is 0 Å². The lowest BCUT2D eigenvalue weighted by atomic mass is 9.98. The van der Waals surface area contributed by atoms with Crippen molar-refractivity contribution in [2.45, 2.75) is 57.5 Å². The van der Waals surface area contributed by atoms with E-state index in [0.29, 0.717) is 25.0 Å². The van der Waals surface area contributed by atoms with Crippen LogP contribution in [0.15, 0.2) is 54.6 Å². The van der Waals surface area contributed by atoms with E-state index in [1.165, 1.54) is 0 Å². The van der Waals surface area contributed by atoms with Gasteiger partial charge in [-0.3, -0.25) is 14.4 Å². The van der Waals surface area contributed by atoms with Crippen LogP contribution in [0.3, 0.4) is 0 Å². The molecule has 2 aromatic rings. The number of aryl methyl sites for hydroxylation is 2. The Hall–Kier alpha value is -3.32. The molecule has 0 aliphatic rings. The van der Waals surface area contributed by atoms with E-state index in [9.17, 15) is 14.4 Å². The molecule has 2 amide bonds. The van der Waals surface area contributed by atoms with E-state index in [1.54, 1.807) is 6.92 Å². The van der Waals surface area contributed by atoms with Crippen LogP contribution in [-0.2, 0) is 27.2 Å². The van der Waals surface area contributed by atoms with Crippen molar-refractivity contribution in [2.75, 3.05) is 0 Å². The molecule has 0 aliphatic carbocycles. The van der Waals surface area contributed by atoms with E-state index in [4.69, 9.17) is 16.9 Å². The number of amides is 2. The lowest BCUT2D eigenvalue weighted by Gasteiger charge is -2.20. The van der Waals surface area contributed by atoms with Gasteiger partial charge in [0.1, 0.15) is 0 Å². The Morgan fingerprint density at radius 3 is 2.12 bits per heavy atom. The number of Topliss-reactive ketones (excluding diaryl/α,β-unsaturated/α-hetero) is 1. The number of benzene rings is 2. The minimum atomic E-state index is -0.805. The number of ketones is 1. The fourth-order valence-electron chi connectivity index (χ4n) is 3.34. The third-order valence-electron chi connectivity index (χ3n) is 5.36. The Morgan fingerprint density at radius 2 is 1.53 bits per heavy atom. The lowest BCUT2D eigenvalue weighted by molar-refractivity contribution is -0.129. The Labute approximate surface area is 189 Å². The van der Waals surface area contributed by atoms with Crippen molar-refractivity contribution >= 4 is 23.3 Å². The van der Waals surface area contributed by atoms with Gasteiger partial charge in [0, 0.05) is 18.6 Å². The molecule has 7 nitrogen and oxygen atoms in total. The highest BCUT2D eigenvalue weighted by atomic mass is 16.2. The summed E-state index contributed by atoms with van der Waals surface area (Å²) in [5, 5.41) is 10.4. The van der Waals surface area contributed by atoms with E-state index in [0.717, 1.165) is 16.7 Å². The number of nitrogens with one attached hydrogen (secondary N) is 2.